The summed E-state index contributed by atoms with van der Waals surface area (Å²) in [7, 11) is 0. The molecule has 0 radical (unpaired) electrons. The van der Waals surface area contributed by atoms with Gasteiger partial charge in [0.2, 0.25) is 0 Å². The Morgan fingerprint density at radius 1 is 1.06 bits per heavy atom. The van der Waals surface area contributed by atoms with Gasteiger partial charge in [-0.15, -0.1) is 0 Å². The third kappa shape index (κ3) is 5.03. The quantitative estimate of drug-likeness (QED) is 0.302. The van der Waals surface area contributed by atoms with Crippen LogP contribution in [0.1, 0.15) is 34.8 Å². The molecular formula is C26H24FN3O2. The Labute approximate surface area is 186 Å². The molecule has 0 aliphatic heterocycles. The van der Waals surface area contributed by atoms with Gasteiger partial charge in [0.25, 0.3) is 5.91 Å². The van der Waals surface area contributed by atoms with Crippen molar-refractivity contribution in [3.8, 4) is 5.75 Å². The molecule has 0 bridgehead atoms. The van der Waals surface area contributed by atoms with E-state index in [2.05, 4.69) is 15.1 Å². The molecular weight excluding hydrogens is 405 g/mol. The fourth-order valence-corrected chi connectivity index (χ4v) is 3.44. The monoisotopic (exact) mass is 429 g/mol. The van der Waals surface area contributed by atoms with Crippen LogP contribution in [0.5, 0.6) is 5.75 Å². The van der Waals surface area contributed by atoms with Crippen molar-refractivity contribution < 1.29 is 13.9 Å². The van der Waals surface area contributed by atoms with Crippen LogP contribution in [0.4, 0.5) is 4.39 Å². The molecule has 0 fully saturated rings. The van der Waals surface area contributed by atoms with Crippen LogP contribution in [0.15, 0.2) is 84.1 Å². The molecule has 162 valence electrons. The zero-order valence-electron chi connectivity index (χ0n) is 17.8. The second-order valence-electron chi connectivity index (χ2n) is 7.43. The Bertz CT molecular complexity index is 1230. The van der Waals surface area contributed by atoms with Crippen molar-refractivity contribution in [2.45, 2.75) is 19.9 Å². The lowest BCUT2D eigenvalue weighted by atomic mass is 10.2. The summed E-state index contributed by atoms with van der Waals surface area (Å²) in [6.45, 7) is 3.29. The normalized spacial score (nSPS) is 11.2. The van der Waals surface area contributed by atoms with Gasteiger partial charge in [0.15, 0.2) is 0 Å². The van der Waals surface area contributed by atoms with Crippen molar-refractivity contribution in [2.24, 2.45) is 5.10 Å². The number of para-hydroxylation sites is 1. The number of hydrogen-bond acceptors (Lipinski definition) is 3. The average Bonchev–Trinajstić information content (AvgIpc) is 3.17. The van der Waals surface area contributed by atoms with Crippen molar-refractivity contribution in [3.05, 3.63) is 102 Å². The van der Waals surface area contributed by atoms with Gasteiger partial charge in [-0.25, -0.2) is 9.82 Å². The minimum Gasteiger partial charge on any atom is -0.494 e. The number of benzene rings is 3. The van der Waals surface area contributed by atoms with Crippen LogP contribution in [0.2, 0.25) is 0 Å². The largest absolute Gasteiger partial charge is 0.494 e. The van der Waals surface area contributed by atoms with E-state index in [9.17, 15) is 9.18 Å². The number of carbonyl (C=O) groups excluding carboxylic acids is 1. The molecule has 4 rings (SSSR count). The third-order valence-corrected chi connectivity index (χ3v) is 5.04. The van der Waals surface area contributed by atoms with Gasteiger partial charge in [-0.3, -0.25) is 4.79 Å². The van der Waals surface area contributed by atoms with Gasteiger partial charge in [-0.05, 0) is 54.4 Å². The Morgan fingerprint density at radius 2 is 1.81 bits per heavy atom. The van der Waals surface area contributed by atoms with Gasteiger partial charge in [0, 0.05) is 34.8 Å². The summed E-state index contributed by atoms with van der Waals surface area (Å²) in [6.07, 6.45) is 4.54. The lowest BCUT2D eigenvalue weighted by Gasteiger charge is -2.05. The maximum Gasteiger partial charge on any atom is 0.271 e. The standard InChI is InChI=1S/C26H24FN3O2/c1-2-15-32-23-13-9-20(10-14-23)26(31)29-28-16-21-18-30(25-6-4-3-5-24(21)25)17-19-7-11-22(27)12-8-19/h3-14,16,18H,2,15,17H2,1H3,(H,29,31)/b28-16-. The highest BCUT2D eigenvalue weighted by molar-refractivity contribution is 6.00. The number of aromatic nitrogens is 1. The third-order valence-electron chi connectivity index (χ3n) is 5.04. The number of nitrogens with one attached hydrogen (secondary N) is 1. The molecule has 32 heavy (non-hydrogen) atoms. The smallest absolute Gasteiger partial charge is 0.271 e. The van der Waals surface area contributed by atoms with E-state index in [1.807, 2.05) is 37.4 Å². The summed E-state index contributed by atoms with van der Waals surface area (Å²) in [5.74, 6) is 0.192. The molecule has 0 spiro atoms. The van der Waals surface area contributed by atoms with Gasteiger partial charge in [-0.2, -0.15) is 5.10 Å². The molecule has 0 saturated heterocycles. The van der Waals surface area contributed by atoms with Crippen LogP contribution in [0.25, 0.3) is 10.9 Å². The summed E-state index contributed by atoms with van der Waals surface area (Å²) in [4.78, 5) is 12.4. The van der Waals surface area contributed by atoms with Gasteiger partial charge in [0.1, 0.15) is 11.6 Å². The summed E-state index contributed by atoms with van der Waals surface area (Å²) in [6, 6.07) is 21.4. The first kappa shape index (κ1) is 21.3. The maximum atomic E-state index is 13.2. The van der Waals surface area contributed by atoms with E-state index in [0.29, 0.717) is 18.7 Å². The predicted molar refractivity (Wildman–Crippen MR) is 125 cm³/mol. The van der Waals surface area contributed by atoms with Crippen LogP contribution in [0, 0.1) is 5.82 Å². The Balaban J connectivity index is 1.47. The first-order valence-electron chi connectivity index (χ1n) is 10.5. The van der Waals surface area contributed by atoms with Crippen LogP contribution < -0.4 is 10.2 Å². The highest BCUT2D eigenvalue weighted by Gasteiger charge is 2.08. The minimum atomic E-state index is -0.293. The summed E-state index contributed by atoms with van der Waals surface area (Å²) >= 11 is 0. The zero-order chi connectivity index (χ0) is 22.3. The number of halogens is 1. The SMILES string of the molecule is CCCOc1ccc(C(=O)N/N=C\c2cn(Cc3ccc(F)cc3)c3ccccc23)cc1. The molecule has 6 heteroatoms. The number of rotatable bonds is 8. The number of ether oxygens (including phenoxy) is 1. The van der Waals surface area contributed by atoms with Crippen LogP contribution in [-0.4, -0.2) is 23.3 Å². The molecule has 3 aromatic carbocycles. The van der Waals surface area contributed by atoms with Gasteiger partial charge >= 0.3 is 0 Å². The van der Waals surface area contributed by atoms with Gasteiger partial charge < -0.3 is 9.30 Å². The summed E-state index contributed by atoms with van der Waals surface area (Å²) in [5, 5.41) is 5.17. The number of nitrogens with zero attached hydrogens (tertiary/aromatic N) is 2. The lowest BCUT2D eigenvalue weighted by Crippen LogP contribution is -2.17. The molecule has 0 aliphatic rings. The molecule has 0 unspecified atom stereocenters. The second-order valence-corrected chi connectivity index (χ2v) is 7.43. The lowest BCUT2D eigenvalue weighted by molar-refractivity contribution is 0.0955. The van der Waals surface area contributed by atoms with Crippen LogP contribution >= 0.6 is 0 Å². The Kier molecular flexibility index (Phi) is 6.60. The molecule has 4 aromatic rings. The fraction of sp³-hybridized carbons (Fsp3) is 0.154. The van der Waals surface area contributed by atoms with E-state index < -0.39 is 0 Å². The first-order chi connectivity index (χ1) is 15.6. The van der Waals surface area contributed by atoms with Crippen molar-refractivity contribution in [2.75, 3.05) is 6.61 Å². The second kappa shape index (κ2) is 9.92. The van der Waals surface area contributed by atoms with Gasteiger partial charge in [0.05, 0.1) is 12.8 Å². The molecule has 1 heterocycles. The van der Waals surface area contributed by atoms with Crippen molar-refractivity contribution >= 4 is 23.0 Å². The summed E-state index contributed by atoms with van der Waals surface area (Å²) in [5.41, 5.74) is 5.99. The van der Waals surface area contributed by atoms with Crippen molar-refractivity contribution in [1.29, 1.82) is 0 Å². The average molecular weight is 429 g/mol. The molecule has 1 aromatic heterocycles. The van der Waals surface area contributed by atoms with Crippen molar-refractivity contribution in [3.63, 3.8) is 0 Å². The van der Waals surface area contributed by atoms with E-state index in [1.165, 1.54) is 12.1 Å². The fourth-order valence-electron chi connectivity index (χ4n) is 3.44. The number of amides is 1. The van der Waals surface area contributed by atoms with E-state index in [4.69, 9.17) is 4.74 Å². The van der Waals surface area contributed by atoms with Crippen molar-refractivity contribution in [1.82, 2.24) is 9.99 Å². The Hall–Kier alpha value is -3.93. The first-order valence-corrected chi connectivity index (χ1v) is 10.5. The number of fused-ring (bicyclic) bond motifs is 1. The number of hydrazone groups is 1. The zero-order valence-corrected chi connectivity index (χ0v) is 17.8. The molecule has 0 atom stereocenters. The van der Waals surface area contributed by atoms with E-state index in [-0.39, 0.29) is 11.7 Å². The number of hydrogen-bond donors (Lipinski definition) is 1. The predicted octanol–water partition coefficient (Wildman–Crippen LogP) is 5.38. The molecule has 0 aliphatic carbocycles. The molecule has 0 saturated carbocycles. The van der Waals surface area contributed by atoms with Crippen LogP contribution in [-0.2, 0) is 6.54 Å². The van der Waals surface area contributed by atoms with E-state index in [0.717, 1.165) is 34.2 Å². The Morgan fingerprint density at radius 3 is 2.56 bits per heavy atom. The van der Waals surface area contributed by atoms with Crippen LogP contribution in [0.3, 0.4) is 0 Å². The molecule has 1 amide bonds. The summed E-state index contributed by atoms with van der Waals surface area (Å²) < 4.78 is 20.8. The molecule has 1 N–H and O–H groups in total. The van der Waals surface area contributed by atoms with E-state index in [1.54, 1.807) is 42.6 Å². The molecule has 5 nitrogen and oxygen atoms in total. The minimum absolute atomic E-state index is 0.252. The number of carbonyl (C=O) groups is 1. The topological polar surface area (TPSA) is 55.6 Å². The van der Waals surface area contributed by atoms with Gasteiger partial charge in [-0.1, -0.05) is 37.3 Å². The van der Waals surface area contributed by atoms with E-state index >= 15 is 0 Å². The highest BCUT2D eigenvalue weighted by Crippen LogP contribution is 2.21. The maximum absolute atomic E-state index is 13.2. The highest BCUT2D eigenvalue weighted by atomic mass is 19.1.